The van der Waals surface area contributed by atoms with Crippen LogP contribution in [-0.4, -0.2) is 24.7 Å². The monoisotopic (exact) mass is 493 g/mol. The van der Waals surface area contributed by atoms with Crippen LogP contribution >= 0.6 is 34.7 Å². The van der Waals surface area contributed by atoms with Gasteiger partial charge in [0, 0.05) is 15.5 Å². The van der Waals surface area contributed by atoms with Gasteiger partial charge in [0.05, 0.1) is 16.8 Å². The number of fused-ring (bicyclic) bond motifs is 1. The molecule has 0 saturated heterocycles. The van der Waals surface area contributed by atoms with Crippen molar-refractivity contribution >= 4 is 44.9 Å². The molecule has 9 heteroatoms. The maximum atomic E-state index is 13.0. The number of aromatic amines is 1. The van der Waals surface area contributed by atoms with Gasteiger partial charge in [-0.25, -0.2) is 4.98 Å². The van der Waals surface area contributed by atoms with Crippen molar-refractivity contribution in [3.8, 4) is 16.8 Å². The van der Waals surface area contributed by atoms with E-state index in [9.17, 15) is 4.79 Å². The van der Waals surface area contributed by atoms with Gasteiger partial charge in [0.1, 0.15) is 17.0 Å². The third-order valence-corrected chi connectivity index (χ3v) is 7.78. The van der Waals surface area contributed by atoms with Crippen LogP contribution < -0.4 is 5.56 Å². The number of hydrogen-bond donors (Lipinski definition) is 1. The molecule has 0 aliphatic rings. The number of halogens is 1. The maximum absolute atomic E-state index is 13.0. The van der Waals surface area contributed by atoms with Gasteiger partial charge in [-0.3, -0.25) is 9.36 Å². The zero-order chi connectivity index (χ0) is 23.1. The summed E-state index contributed by atoms with van der Waals surface area (Å²) in [7, 11) is 0. The highest BCUT2D eigenvalue weighted by atomic mass is 35.5. The average molecular weight is 494 g/mol. The topological polar surface area (TPSA) is 76.5 Å². The van der Waals surface area contributed by atoms with E-state index < -0.39 is 0 Å². The molecule has 166 valence electrons. The van der Waals surface area contributed by atoms with E-state index in [0.717, 1.165) is 32.1 Å². The van der Waals surface area contributed by atoms with E-state index >= 15 is 0 Å². The van der Waals surface area contributed by atoms with E-state index in [4.69, 9.17) is 16.6 Å². The highest BCUT2D eigenvalue weighted by Gasteiger charge is 2.17. The Bertz CT molecular complexity index is 1540. The van der Waals surface area contributed by atoms with E-state index in [0.29, 0.717) is 27.1 Å². The summed E-state index contributed by atoms with van der Waals surface area (Å²) in [6.07, 6.45) is 1.65. The SMILES string of the molecule is Cc1ccc(-c2c(C)sc3nc(CSc4nncn4-c4ccc(C)c(Cl)c4)[nH]c(=O)c23)cc1. The Balaban J connectivity index is 1.45. The second-order valence-corrected chi connectivity index (χ2v) is 10.4. The Morgan fingerprint density at radius 2 is 1.91 bits per heavy atom. The molecule has 5 rings (SSSR count). The Morgan fingerprint density at radius 1 is 1.12 bits per heavy atom. The minimum Gasteiger partial charge on any atom is -0.309 e. The van der Waals surface area contributed by atoms with Crippen molar-refractivity contribution in [1.29, 1.82) is 0 Å². The third kappa shape index (κ3) is 4.21. The van der Waals surface area contributed by atoms with Crippen molar-refractivity contribution in [2.24, 2.45) is 0 Å². The number of nitrogens with one attached hydrogen (secondary N) is 1. The number of aromatic nitrogens is 5. The number of hydrogen-bond acceptors (Lipinski definition) is 6. The first-order valence-electron chi connectivity index (χ1n) is 10.3. The molecular formula is C24H20ClN5OS2. The summed E-state index contributed by atoms with van der Waals surface area (Å²) in [6.45, 7) is 6.04. The van der Waals surface area contributed by atoms with Gasteiger partial charge in [-0.05, 0) is 44.0 Å². The zero-order valence-electron chi connectivity index (χ0n) is 18.2. The standard InChI is InChI=1S/C24H20ClN5OS2/c1-13-4-7-16(8-5-13)20-15(3)33-23-21(20)22(31)27-19(28-23)11-32-24-29-26-12-30(24)17-9-6-14(2)18(25)10-17/h4-10,12H,11H2,1-3H3,(H,27,28,31). The van der Waals surface area contributed by atoms with Gasteiger partial charge in [0.15, 0.2) is 5.16 Å². The summed E-state index contributed by atoms with van der Waals surface area (Å²) in [6, 6.07) is 14.0. The number of benzene rings is 2. The number of thiophene rings is 1. The maximum Gasteiger partial charge on any atom is 0.260 e. The predicted molar refractivity (Wildman–Crippen MR) is 136 cm³/mol. The number of aryl methyl sites for hydroxylation is 3. The molecule has 3 aromatic heterocycles. The van der Waals surface area contributed by atoms with Gasteiger partial charge in [-0.1, -0.05) is 59.3 Å². The smallest absolute Gasteiger partial charge is 0.260 e. The lowest BCUT2D eigenvalue weighted by Gasteiger charge is -2.08. The molecule has 0 fully saturated rings. The lowest BCUT2D eigenvalue weighted by atomic mass is 10.0. The first-order chi connectivity index (χ1) is 15.9. The van der Waals surface area contributed by atoms with Gasteiger partial charge in [-0.15, -0.1) is 21.5 Å². The van der Waals surface area contributed by atoms with E-state index in [-0.39, 0.29) is 5.56 Å². The number of rotatable bonds is 5. The van der Waals surface area contributed by atoms with Crippen molar-refractivity contribution in [1.82, 2.24) is 24.7 Å². The molecule has 1 N–H and O–H groups in total. The molecule has 0 aliphatic heterocycles. The number of H-pyrrole nitrogens is 1. The molecule has 2 aromatic carbocycles. The first kappa shape index (κ1) is 21.9. The van der Waals surface area contributed by atoms with Crippen LogP contribution in [0.3, 0.4) is 0 Å². The van der Waals surface area contributed by atoms with E-state index in [1.54, 1.807) is 17.7 Å². The summed E-state index contributed by atoms with van der Waals surface area (Å²) in [5, 5.41) is 10.3. The molecule has 0 bridgehead atoms. The van der Waals surface area contributed by atoms with Crippen LogP contribution in [0.25, 0.3) is 27.0 Å². The fourth-order valence-electron chi connectivity index (χ4n) is 3.66. The summed E-state index contributed by atoms with van der Waals surface area (Å²) >= 11 is 9.29. The second-order valence-electron chi connectivity index (χ2n) is 7.80. The van der Waals surface area contributed by atoms with Crippen LogP contribution in [0.4, 0.5) is 0 Å². The largest absolute Gasteiger partial charge is 0.309 e. The Labute approximate surface area is 203 Å². The fourth-order valence-corrected chi connectivity index (χ4v) is 5.70. The Kier molecular flexibility index (Phi) is 5.82. The molecule has 33 heavy (non-hydrogen) atoms. The van der Waals surface area contributed by atoms with Gasteiger partial charge >= 0.3 is 0 Å². The van der Waals surface area contributed by atoms with Crippen molar-refractivity contribution in [3.05, 3.63) is 86.0 Å². The molecule has 0 aliphatic carbocycles. The molecule has 0 saturated carbocycles. The number of thioether (sulfide) groups is 1. The van der Waals surface area contributed by atoms with Crippen molar-refractivity contribution in [3.63, 3.8) is 0 Å². The molecular weight excluding hydrogens is 474 g/mol. The third-order valence-electron chi connectivity index (χ3n) is 5.42. The van der Waals surface area contributed by atoms with Crippen LogP contribution in [0, 0.1) is 20.8 Å². The van der Waals surface area contributed by atoms with E-state index in [1.807, 2.05) is 36.6 Å². The van der Waals surface area contributed by atoms with E-state index in [2.05, 4.69) is 46.4 Å². The lowest BCUT2D eigenvalue weighted by Crippen LogP contribution is -2.11. The van der Waals surface area contributed by atoms with Crippen molar-refractivity contribution in [2.45, 2.75) is 31.7 Å². The molecule has 0 amide bonds. The second kappa shape index (κ2) is 8.78. The quantitative estimate of drug-likeness (QED) is 0.299. The Morgan fingerprint density at radius 3 is 2.67 bits per heavy atom. The molecule has 5 aromatic rings. The van der Waals surface area contributed by atoms with Crippen LogP contribution in [0.1, 0.15) is 21.8 Å². The van der Waals surface area contributed by atoms with Crippen LogP contribution in [0.2, 0.25) is 5.02 Å². The van der Waals surface area contributed by atoms with Crippen molar-refractivity contribution < 1.29 is 0 Å². The highest BCUT2D eigenvalue weighted by Crippen LogP contribution is 2.36. The van der Waals surface area contributed by atoms with Crippen LogP contribution in [-0.2, 0) is 5.75 Å². The predicted octanol–water partition coefficient (Wildman–Crippen LogP) is 6.10. The normalized spacial score (nSPS) is 11.4. The van der Waals surface area contributed by atoms with Gasteiger partial charge in [-0.2, -0.15) is 0 Å². The fraction of sp³-hybridized carbons (Fsp3) is 0.167. The van der Waals surface area contributed by atoms with E-state index in [1.165, 1.54) is 17.3 Å². The van der Waals surface area contributed by atoms with Gasteiger partial charge in [0.25, 0.3) is 5.56 Å². The molecule has 6 nitrogen and oxygen atoms in total. The van der Waals surface area contributed by atoms with Crippen LogP contribution in [0.15, 0.2) is 58.7 Å². The molecule has 0 atom stereocenters. The molecule has 0 spiro atoms. The molecule has 0 unspecified atom stereocenters. The summed E-state index contributed by atoms with van der Waals surface area (Å²) < 4.78 is 1.87. The number of nitrogens with zero attached hydrogens (tertiary/aromatic N) is 4. The van der Waals surface area contributed by atoms with Gasteiger partial charge in [0.2, 0.25) is 0 Å². The highest BCUT2D eigenvalue weighted by molar-refractivity contribution is 7.98. The Hall–Kier alpha value is -2.94. The van der Waals surface area contributed by atoms with Crippen molar-refractivity contribution in [2.75, 3.05) is 0 Å². The average Bonchev–Trinajstić information content (AvgIpc) is 3.39. The van der Waals surface area contributed by atoms with Crippen LogP contribution in [0.5, 0.6) is 0 Å². The summed E-state index contributed by atoms with van der Waals surface area (Å²) in [5.41, 5.74) is 4.94. The molecule has 3 heterocycles. The zero-order valence-corrected chi connectivity index (χ0v) is 20.6. The minimum absolute atomic E-state index is 0.123. The summed E-state index contributed by atoms with van der Waals surface area (Å²) in [4.78, 5) is 22.6. The van der Waals surface area contributed by atoms with Gasteiger partial charge < -0.3 is 4.98 Å². The minimum atomic E-state index is -0.123. The molecule has 0 radical (unpaired) electrons. The summed E-state index contributed by atoms with van der Waals surface area (Å²) in [5.74, 6) is 1.06. The first-order valence-corrected chi connectivity index (χ1v) is 12.5. The lowest BCUT2D eigenvalue weighted by molar-refractivity contribution is 0.881.